The first-order valence-electron chi connectivity index (χ1n) is 4.62. The number of nitrogens with zero attached hydrogens (tertiary/aromatic N) is 3. The smallest absolute Gasteiger partial charge is 0.166 e. The van der Waals surface area contributed by atoms with Crippen molar-refractivity contribution in [1.82, 2.24) is 0 Å². The maximum absolute atomic E-state index is 12.5. The van der Waals surface area contributed by atoms with E-state index in [9.17, 15) is 13.2 Å². The van der Waals surface area contributed by atoms with Crippen molar-refractivity contribution in [3.63, 3.8) is 0 Å². The zero-order valence-electron chi connectivity index (χ0n) is 8.62. The molecule has 1 aromatic carbocycles. The summed E-state index contributed by atoms with van der Waals surface area (Å²) < 4.78 is 37.6. The highest BCUT2D eigenvalue weighted by Gasteiger charge is 2.32. The fourth-order valence-corrected chi connectivity index (χ4v) is 1.35. The second kappa shape index (κ2) is 4.90. The lowest BCUT2D eigenvalue weighted by molar-refractivity contribution is -0.138. The van der Waals surface area contributed by atoms with Crippen LogP contribution in [0.2, 0.25) is 0 Å². The summed E-state index contributed by atoms with van der Waals surface area (Å²) in [5.74, 6) is 0. The van der Waals surface area contributed by atoms with Crippen LogP contribution in [0.5, 0.6) is 0 Å². The van der Waals surface area contributed by atoms with Gasteiger partial charge in [0.2, 0.25) is 0 Å². The van der Waals surface area contributed by atoms with E-state index < -0.39 is 11.7 Å². The Balaban J connectivity index is 2.94. The lowest BCUT2D eigenvalue weighted by Crippen LogP contribution is -2.08. The molecule has 0 bridgehead atoms. The number of hydrogen-bond donors (Lipinski definition) is 0. The lowest BCUT2D eigenvalue weighted by Gasteiger charge is -2.11. The van der Waals surface area contributed by atoms with Crippen LogP contribution in [-0.4, -0.2) is 6.54 Å². The summed E-state index contributed by atoms with van der Waals surface area (Å²) in [6.45, 7) is 1.58. The third-order valence-corrected chi connectivity index (χ3v) is 2.17. The molecule has 0 spiro atoms. The molecule has 0 atom stereocenters. The average Bonchev–Trinajstić information content (AvgIpc) is 2.19. The molecule has 0 fully saturated rings. The van der Waals surface area contributed by atoms with E-state index in [0.29, 0.717) is 12.0 Å². The summed E-state index contributed by atoms with van der Waals surface area (Å²) >= 11 is 0. The van der Waals surface area contributed by atoms with Gasteiger partial charge in [0, 0.05) is 11.5 Å². The molecule has 0 aliphatic rings. The van der Waals surface area contributed by atoms with Gasteiger partial charge in [-0.1, -0.05) is 17.2 Å². The topological polar surface area (TPSA) is 48.8 Å². The first-order chi connectivity index (χ1) is 7.45. The first-order valence-corrected chi connectivity index (χ1v) is 4.62. The number of hydrogen-bond acceptors (Lipinski definition) is 1. The van der Waals surface area contributed by atoms with E-state index in [0.717, 1.165) is 6.07 Å². The van der Waals surface area contributed by atoms with Crippen LogP contribution in [0.4, 0.5) is 13.2 Å². The molecular weight excluding hydrogens is 219 g/mol. The second-order valence-electron chi connectivity index (χ2n) is 3.35. The summed E-state index contributed by atoms with van der Waals surface area (Å²) in [5, 5.41) is 3.28. The van der Waals surface area contributed by atoms with Gasteiger partial charge in [-0.25, -0.2) is 0 Å². The van der Waals surface area contributed by atoms with Crippen LogP contribution in [0.15, 0.2) is 23.3 Å². The highest BCUT2D eigenvalue weighted by molar-refractivity contribution is 5.33. The van der Waals surface area contributed by atoms with Crippen molar-refractivity contribution < 1.29 is 13.2 Å². The van der Waals surface area contributed by atoms with Crippen molar-refractivity contribution in [2.75, 3.05) is 6.54 Å². The normalized spacial score (nSPS) is 11.0. The van der Waals surface area contributed by atoms with Gasteiger partial charge < -0.3 is 0 Å². The molecule has 6 heteroatoms. The molecule has 0 aliphatic carbocycles. The molecular formula is C10H10F3N3. The van der Waals surface area contributed by atoms with Crippen molar-refractivity contribution in [3.05, 3.63) is 45.3 Å². The summed E-state index contributed by atoms with van der Waals surface area (Å²) in [5.41, 5.74) is 8.13. The molecule has 0 saturated heterocycles. The quantitative estimate of drug-likeness (QED) is 0.429. The maximum Gasteiger partial charge on any atom is 0.416 e. The summed E-state index contributed by atoms with van der Waals surface area (Å²) in [4.78, 5) is 2.54. The lowest BCUT2D eigenvalue weighted by atomic mass is 10.0. The monoisotopic (exact) mass is 229 g/mol. The van der Waals surface area contributed by atoms with Gasteiger partial charge in [-0.3, -0.25) is 0 Å². The predicted octanol–water partition coefficient (Wildman–Crippen LogP) is 3.87. The summed E-state index contributed by atoms with van der Waals surface area (Å²) in [6, 6.07) is 4.13. The third-order valence-electron chi connectivity index (χ3n) is 2.17. The van der Waals surface area contributed by atoms with Crippen LogP contribution in [0, 0.1) is 6.92 Å². The van der Waals surface area contributed by atoms with Crippen molar-refractivity contribution >= 4 is 0 Å². The van der Waals surface area contributed by atoms with Gasteiger partial charge in [0.25, 0.3) is 0 Å². The highest BCUT2D eigenvalue weighted by Crippen LogP contribution is 2.32. The van der Waals surface area contributed by atoms with E-state index in [1.807, 2.05) is 0 Å². The van der Waals surface area contributed by atoms with Gasteiger partial charge in [0.05, 0.1) is 5.56 Å². The Morgan fingerprint density at radius 2 is 2.06 bits per heavy atom. The number of benzene rings is 1. The zero-order chi connectivity index (χ0) is 12.2. The Morgan fingerprint density at radius 1 is 1.38 bits per heavy atom. The molecule has 0 heterocycles. The van der Waals surface area contributed by atoms with Crippen molar-refractivity contribution in [1.29, 1.82) is 0 Å². The molecule has 0 N–H and O–H groups in total. The Kier molecular flexibility index (Phi) is 3.79. The molecule has 0 radical (unpaired) electrons. The number of rotatable bonds is 3. The van der Waals surface area contributed by atoms with Crippen molar-refractivity contribution in [3.8, 4) is 0 Å². The maximum atomic E-state index is 12.5. The number of aryl methyl sites for hydroxylation is 1. The van der Waals surface area contributed by atoms with Crippen molar-refractivity contribution in [2.45, 2.75) is 19.5 Å². The first kappa shape index (κ1) is 12.4. The summed E-state index contributed by atoms with van der Waals surface area (Å²) in [7, 11) is 0. The molecule has 0 aromatic heterocycles. The Labute approximate surface area is 90.5 Å². The van der Waals surface area contributed by atoms with Gasteiger partial charge >= 0.3 is 6.18 Å². The Morgan fingerprint density at radius 3 is 2.62 bits per heavy atom. The van der Waals surface area contributed by atoms with Crippen LogP contribution < -0.4 is 0 Å². The second-order valence-corrected chi connectivity index (χ2v) is 3.35. The Bertz CT molecular complexity index is 420. The van der Waals surface area contributed by atoms with Crippen LogP contribution in [0.25, 0.3) is 10.4 Å². The van der Waals surface area contributed by atoms with Crippen LogP contribution in [0.3, 0.4) is 0 Å². The predicted molar refractivity (Wildman–Crippen MR) is 53.9 cm³/mol. The van der Waals surface area contributed by atoms with E-state index in [2.05, 4.69) is 10.0 Å². The molecule has 0 saturated carbocycles. The standard InChI is InChI=1S/C10H10F3N3/c1-7-2-3-8(4-5-15-16-14)6-9(7)10(11,12)13/h2-3,6H,4-5H2,1H3. The zero-order valence-corrected chi connectivity index (χ0v) is 8.62. The average molecular weight is 229 g/mol. The van der Waals surface area contributed by atoms with Crippen molar-refractivity contribution in [2.24, 2.45) is 5.11 Å². The van der Waals surface area contributed by atoms with E-state index >= 15 is 0 Å². The minimum Gasteiger partial charge on any atom is -0.166 e. The summed E-state index contributed by atoms with van der Waals surface area (Å²) in [6.07, 6.45) is -4.02. The molecule has 0 amide bonds. The minimum absolute atomic E-state index is 0.164. The van der Waals surface area contributed by atoms with Gasteiger partial charge in [-0.05, 0) is 36.1 Å². The number of halogens is 3. The Hall–Kier alpha value is -1.68. The SMILES string of the molecule is Cc1ccc(CCN=[N+]=[N-])cc1C(F)(F)F. The van der Waals surface area contributed by atoms with E-state index in [1.165, 1.54) is 13.0 Å². The molecule has 1 aromatic rings. The van der Waals surface area contributed by atoms with Gasteiger partial charge in [0.1, 0.15) is 0 Å². The molecule has 3 nitrogen and oxygen atoms in total. The van der Waals surface area contributed by atoms with E-state index in [-0.39, 0.29) is 12.1 Å². The van der Waals surface area contributed by atoms with Crippen LogP contribution in [-0.2, 0) is 12.6 Å². The van der Waals surface area contributed by atoms with E-state index in [1.54, 1.807) is 6.07 Å². The van der Waals surface area contributed by atoms with Gasteiger partial charge in [-0.15, -0.1) is 0 Å². The van der Waals surface area contributed by atoms with Crippen LogP contribution in [0.1, 0.15) is 16.7 Å². The molecule has 0 aliphatic heterocycles. The highest BCUT2D eigenvalue weighted by atomic mass is 19.4. The number of alkyl halides is 3. The molecule has 16 heavy (non-hydrogen) atoms. The van der Waals surface area contributed by atoms with E-state index in [4.69, 9.17) is 5.53 Å². The fourth-order valence-electron chi connectivity index (χ4n) is 1.35. The molecule has 0 unspecified atom stereocenters. The van der Waals surface area contributed by atoms with Gasteiger partial charge in [0.15, 0.2) is 0 Å². The largest absolute Gasteiger partial charge is 0.416 e. The molecule has 1 rings (SSSR count). The molecule has 86 valence electrons. The minimum atomic E-state index is -4.33. The fraction of sp³-hybridized carbons (Fsp3) is 0.400. The number of azide groups is 1. The van der Waals surface area contributed by atoms with Gasteiger partial charge in [-0.2, -0.15) is 13.2 Å². The third kappa shape index (κ3) is 3.17. The van der Waals surface area contributed by atoms with Crippen LogP contribution >= 0.6 is 0 Å².